The number of carbonyl (C=O) groups is 1. The minimum atomic E-state index is -3.61. The number of hydrogen-bond acceptors (Lipinski definition) is 5. The molecule has 2 aromatic carbocycles. The Morgan fingerprint density at radius 1 is 0.968 bits per heavy atom. The summed E-state index contributed by atoms with van der Waals surface area (Å²) >= 11 is 6.30. The summed E-state index contributed by atoms with van der Waals surface area (Å²) in [5, 5.41) is 0.262. The summed E-state index contributed by atoms with van der Waals surface area (Å²) in [6.07, 6.45) is 1.71. The van der Waals surface area contributed by atoms with Crippen LogP contribution in [0.2, 0.25) is 5.02 Å². The summed E-state index contributed by atoms with van der Waals surface area (Å²) in [5.74, 6) is 0.549. The smallest absolute Gasteiger partial charge is 0.255 e. The van der Waals surface area contributed by atoms with Gasteiger partial charge in [-0.3, -0.25) is 4.79 Å². The predicted octanol–water partition coefficient (Wildman–Crippen LogP) is 3.10. The summed E-state index contributed by atoms with van der Waals surface area (Å²) < 4.78 is 32.7. The Morgan fingerprint density at radius 2 is 1.65 bits per heavy atom. The average Bonchev–Trinajstić information content (AvgIpc) is 3.35. The van der Waals surface area contributed by atoms with Gasteiger partial charge in [0.25, 0.3) is 5.91 Å². The number of ether oxygens (including phenoxy) is 1. The topological polar surface area (TPSA) is 70.2 Å². The van der Waals surface area contributed by atoms with Gasteiger partial charge in [0.1, 0.15) is 5.75 Å². The molecule has 2 saturated heterocycles. The third-order valence-corrected chi connectivity index (χ3v) is 8.09. The van der Waals surface area contributed by atoms with E-state index >= 15 is 0 Å². The number of rotatable bonds is 5. The highest BCUT2D eigenvalue weighted by molar-refractivity contribution is 7.89. The molecule has 2 aliphatic heterocycles. The van der Waals surface area contributed by atoms with Crippen molar-refractivity contribution in [1.82, 2.24) is 9.21 Å². The van der Waals surface area contributed by atoms with E-state index in [1.54, 1.807) is 12.0 Å². The standard InChI is InChI=1S/C22H26ClN3O4S/c1-30-21-7-3-2-6-20(21)24-12-14-25(15-13-24)22(27)18-16-17(8-9-19(18)23)31(28,29)26-10-4-5-11-26/h2-3,6-9,16H,4-5,10-15H2,1H3. The van der Waals surface area contributed by atoms with Gasteiger partial charge >= 0.3 is 0 Å². The van der Waals surface area contributed by atoms with Crippen LogP contribution in [0, 0.1) is 0 Å². The zero-order chi connectivity index (χ0) is 22.0. The number of para-hydroxylation sites is 2. The lowest BCUT2D eigenvalue weighted by Crippen LogP contribution is -2.49. The molecule has 0 aromatic heterocycles. The minimum Gasteiger partial charge on any atom is -0.495 e. The Kier molecular flexibility index (Phi) is 6.41. The number of piperazine rings is 1. The van der Waals surface area contributed by atoms with Crippen LogP contribution in [0.25, 0.3) is 0 Å². The molecule has 0 aliphatic carbocycles. The van der Waals surface area contributed by atoms with Crippen molar-refractivity contribution in [2.45, 2.75) is 17.7 Å². The maximum absolute atomic E-state index is 13.2. The highest BCUT2D eigenvalue weighted by Crippen LogP contribution is 2.30. The molecule has 2 aliphatic rings. The van der Waals surface area contributed by atoms with E-state index in [0.717, 1.165) is 24.3 Å². The first-order valence-corrected chi connectivity index (χ1v) is 12.2. The average molecular weight is 464 g/mol. The molecule has 0 unspecified atom stereocenters. The van der Waals surface area contributed by atoms with E-state index < -0.39 is 10.0 Å². The largest absolute Gasteiger partial charge is 0.495 e. The Balaban J connectivity index is 1.50. The number of methoxy groups -OCH3 is 1. The Labute approximate surface area is 188 Å². The molecular weight excluding hydrogens is 438 g/mol. The molecule has 0 atom stereocenters. The van der Waals surface area contributed by atoms with Crippen LogP contribution >= 0.6 is 11.6 Å². The first kappa shape index (κ1) is 21.9. The Morgan fingerprint density at radius 3 is 2.32 bits per heavy atom. The second-order valence-electron chi connectivity index (χ2n) is 7.70. The molecule has 2 aromatic rings. The van der Waals surface area contributed by atoms with Crippen LogP contribution in [0.15, 0.2) is 47.4 Å². The van der Waals surface area contributed by atoms with Crippen molar-refractivity contribution in [2.75, 3.05) is 51.3 Å². The van der Waals surface area contributed by atoms with Crippen LogP contribution in [-0.2, 0) is 10.0 Å². The Hall–Kier alpha value is -2.29. The van der Waals surface area contributed by atoms with Gasteiger partial charge in [0.2, 0.25) is 10.0 Å². The van der Waals surface area contributed by atoms with Gasteiger partial charge in [0, 0.05) is 39.3 Å². The summed E-state index contributed by atoms with van der Waals surface area (Å²) in [6.45, 7) is 3.34. The molecule has 166 valence electrons. The number of hydrogen-bond donors (Lipinski definition) is 0. The Bertz CT molecular complexity index is 1060. The molecule has 2 heterocycles. The number of nitrogens with zero attached hydrogens (tertiary/aromatic N) is 3. The summed E-state index contributed by atoms with van der Waals surface area (Å²) in [5.41, 5.74) is 1.22. The van der Waals surface area contributed by atoms with Gasteiger partial charge in [-0.25, -0.2) is 8.42 Å². The molecule has 31 heavy (non-hydrogen) atoms. The fourth-order valence-corrected chi connectivity index (χ4v) is 5.86. The number of anilines is 1. The van der Waals surface area contributed by atoms with Gasteiger partial charge in [-0.2, -0.15) is 4.31 Å². The van der Waals surface area contributed by atoms with E-state index in [0.29, 0.717) is 39.3 Å². The molecule has 4 rings (SSSR count). The highest BCUT2D eigenvalue weighted by Gasteiger charge is 2.30. The zero-order valence-electron chi connectivity index (χ0n) is 17.5. The van der Waals surface area contributed by atoms with Gasteiger partial charge < -0.3 is 14.5 Å². The van der Waals surface area contributed by atoms with E-state index in [2.05, 4.69) is 4.90 Å². The van der Waals surface area contributed by atoms with Crippen LogP contribution in [0.4, 0.5) is 5.69 Å². The first-order valence-electron chi connectivity index (χ1n) is 10.4. The molecule has 0 bridgehead atoms. The van der Waals surface area contributed by atoms with Crippen molar-refractivity contribution in [1.29, 1.82) is 0 Å². The molecule has 9 heteroatoms. The number of amides is 1. The molecule has 0 saturated carbocycles. The van der Waals surface area contributed by atoms with Crippen molar-refractivity contribution in [3.8, 4) is 5.75 Å². The van der Waals surface area contributed by atoms with Gasteiger partial charge in [-0.15, -0.1) is 0 Å². The molecule has 1 amide bonds. The van der Waals surface area contributed by atoms with E-state index in [-0.39, 0.29) is 21.4 Å². The monoisotopic (exact) mass is 463 g/mol. The maximum Gasteiger partial charge on any atom is 0.255 e. The van der Waals surface area contributed by atoms with Crippen LogP contribution in [-0.4, -0.2) is 69.9 Å². The van der Waals surface area contributed by atoms with Crippen LogP contribution in [0.3, 0.4) is 0 Å². The molecular formula is C22H26ClN3O4S. The lowest BCUT2D eigenvalue weighted by molar-refractivity contribution is 0.0746. The van der Waals surface area contributed by atoms with Crippen LogP contribution in [0.1, 0.15) is 23.2 Å². The summed E-state index contributed by atoms with van der Waals surface area (Å²) in [7, 11) is -1.97. The van der Waals surface area contributed by atoms with Gasteiger partial charge in [-0.1, -0.05) is 23.7 Å². The molecule has 0 radical (unpaired) electrons. The summed E-state index contributed by atoms with van der Waals surface area (Å²) in [4.78, 5) is 17.2. The van der Waals surface area contributed by atoms with E-state index in [1.165, 1.54) is 22.5 Å². The van der Waals surface area contributed by atoms with Gasteiger partial charge in [0.15, 0.2) is 0 Å². The summed E-state index contributed by atoms with van der Waals surface area (Å²) in [6, 6.07) is 12.2. The minimum absolute atomic E-state index is 0.120. The number of sulfonamides is 1. The SMILES string of the molecule is COc1ccccc1N1CCN(C(=O)c2cc(S(=O)(=O)N3CCCC3)ccc2Cl)CC1. The van der Waals surface area contributed by atoms with E-state index in [4.69, 9.17) is 16.3 Å². The normalized spacial score (nSPS) is 17.7. The van der Waals surface area contributed by atoms with Gasteiger partial charge in [-0.05, 0) is 43.2 Å². The van der Waals surface area contributed by atoms with E-state index in [9.17, 15) is 13.2 Å². The number of halogens is 1. The molecule has 0 N–H and O–H groups in total. The lowest BCUT2D eigenvalue weighted by Gasteiger charge is -2.36. The second kappa shape index (κ2) is 9.06. The molecule has 0 spiro atoms. The van der Waals surface area contributed by atoms with E-state index in [1.807, 2.05) is 24.3 Å². The van der Waals surface area contributed by atoms with Crippen molar-refractivity contribution in [3.05, 3.63) is 53.1 Å². The lowest BCUT2D eigenvalue weighted by atomic mass is 10.1. The second-order valence-corrected chi connectivity index (χ2v) is 10.0. The first-order chi connectivity index (χ1) is 14.9. The highest BCUT2D eigenvalue weighted by atomic mass is 35.5. The number of carbonyl (C=O) groups excluding carboxylic acids is 1. The molecule has 7 nitrogen and oxygen atoms in total. The van der Waals surface area contributed by atoms with Crippen molar-refractivity contribution < 1.29 is 17.9 Å². The third kappa shape index (κ3) is 4.37. The third-order valence-electron chi connectivity index (χ3n) is 5.86. The van der Waals surface area contributed by atoms with Crippen molar-refractivity contribution >= 4 is 33.2 Å². The van der Waals surface area contributed by atoms with Gasteiger partial charge in [0.05, 0.1) is 28.3 Å². The molecule has 2 fully saturated rings. The predicted molar refractivity (Wildman–Crippen MR) is 121 cm³/mol. The van der Waals surface area contributed by atoms with Crippen molar-refractivity contribution in [2.24, 2.45) is 0 Å². The van der Waals surface area contributed by atoms with Crippen molar-refractivity contribution in [3.63, 3.8) is 0 Å². The fraction of sp³-hybridized carbons (Fsp3) is 0.409. The quantitative estimate of drug-likeness (QED) is 0.681. The number of benzene rings is 2. The van der Waals surface area contributed by atoms with Crippen LogP contribution in [0.5, 0.6) is 5.75 Å². The van der Waals surface area contributed by atoms with Crippen LogP contribution < -0.4 is 9.64 Å². The zero-order valence-corrected chi connectivity index (χ0v) is 19.0. The maximum atomic E-state index is 13.2. The fourth-order valence-electron chi connectivity index (χ4n) is 4.12.